The molecule has 1 fully saturated rings. The predicted molar refractivity (Wildman–Crippen MR) is 123 cm³/mol. The topological polar surface area (TPSA) is 49.4 Å². The third-order valence-corrected chi connectivity index (χ3v) is 5.70. The number of carbonyl (C=O) groups is 2. The second kappa shape index (κ2) is 10.2. The average molecular weight is 423 g/mol. The van der Waals surface area contributed by atoms with Gasteiger partial charge in [-0.3, -0.25) is 14.5 Å². The van der Waals surface area contributed by atoms with Crippen molar-refractivity contribution in [3.63, 3.8) is 0 Å². The zero-order valence-corrected chi connectivity index (χ0v) is 17.8. The van der Waals surface area contributed by atoms with Crippen LogP contribution in [0.3, 0.4) is 0 Å². The first-order valence-corrected chi connectivity index (χ1v) is 10.5. The summed E-state index contributed by atoms with van der Waals surface area (Å²) in [5.41, 5.74) is 3.08. The van der Waals surface area contributed by atoms with Gasteiger partial charge in [0, 0.05) is 19.5 Å². The Morgan fingerprint density at radius 2 is 1.76 bits per heavy atom. The summed E-state index contributed by atoms with van der Waals surface area (Å²) in [5, 5.41) is 2.87. The predicted octanol–water partition coefficient (Wildman–Crippen LogP) is 4.54. The van der Waals surface area contributed by atoms with Crippen molar-refractivity contribution >= 4 is 46.2 Å². The third kappa shape index (κ3) is 6.14. The van der Waals surface area contributed by atoms with E-state index in [4.69, 9.17) is 12.2 Å². The zero-order chi connectivity index (χ0) is 20.6. The molecule has 0 unspecified atom stereocenters. The van der Waals surface area contributed by atoms with E-state index >= 15 is 0 Å². The second-order valence-corrected chi connectivity index (χ2v) is 8.32. The Labute approximate surface area is 180 Å². The van der Waals surface area contributed by atoms with Gasteiger partial charge in [-0.25, -0.2) is 0 Å². The molecule has 2 amide bonds. The molecular weight excluding hydrogens is 400 g/mol. The number of thioether (sulfide) groups is 1. The van der Waals surface area contributed by atoms with E-state index < -0.39 is 0 Å². The molecule has 0 bridgehead atoms. The minimum absolute atomic E-state index is 0.105. The van der Waals surface area contributed by atoms with E-state index in [0.717, 1.165) is 16.7 Å². The van der Waals surface area contributed by atoms with Crippen LogP contribution in [0.2, 0.25) is 0 Å². The number of allylic oxidation sites excluding steroid dienone is 2. The minimum atomic E-state index is -0.142. The van der Waals surface area contributed by atoms with Gasteiger partial charge in [-0.2, -0.15) is 0 Å². The van der Waals surface area contributed by atoms with Crippen molar-refractivity contribution in [2.75, 3.05) is 6.54 Å². The molecule has 148 valence electrons. The van der Waals surface area contributed by atoms with Crippen LogP contribution >= 0.6 is 24.0 Å². The highest BCUT2D eigenvalue weighted by molar-refractivity contribution is 8.26. The van der Waals surface area contributed by atoms with E-state index in [9.17, 15) is 9.59 Å². The number of rotatable bonds is 7. The lowest BCUT2D eigenvalue weighted by atomic mass is 10.1. The highest BCUT2D eigenvalue weighted by atomic mass is 32.2. The maximum atomic E-state index is 12.7. The van der Waals surface area contributed by atoms with Gasteiger partial charge in [0.15, 0.2) is 0 Å². The van der Waals surface area contributed by atoms with Crippen LogP contribution in [0, 0.1) is 0 Å². The van der Waals surface area contributed by atoms with E-state index in [0.29, 0.717) is 15.8 Å². The van der Waals surface area contributed by atoms with Crippen molar-refractivity contribution in [1.29, 1.82) is 0 Å². The molecule has 0 radical (unpaired) electrons. The largest absolute Gasteiger partial charge is 0.352 e. The van der Waals surface area contributed by atoms with Crippen LogP contribution in [-0.4, -0.2) is 27.6 Å². The van der Waals surface area contributed by atoms with Gasteiger partial charge >= 0.3 is 0 Å². The summed E-state index contributed by atoms with van der Waals surface area (Å²) in [5.74, 6) is -0.247. The molecule has 1 N–H and O–H groups in total. The number of carbonyl (C=O) groups excluding carboxylic acids is 2. The second-order valence-electron chi connectivity index (χ2n) is 6.64. The normalized spacial score (nSPS) is 15.8. The molecule has 2 aromatic rings. The van der Waals surface area contributed by atoms with Gasteiger partial charge in [0.25, 0.3) is 5.91 Å². The Balaban J connectivity index is 1.54. The molecule has 2 aromatic carbocycles. The number of thiocarbonyl (C=S) groups is 1. The number of hydrogen-bond donors (Lipinski definition) is 1. The zero-order valence-electron chi connectivity index (χ0n) is 16.1. The van der Waals surface area contributed by atoms with Gasteiger partial charge in [0.2, 0.25) is 5.91 Å². The van der Waals surface area contributed by atoms with Crippen LogP contribution in [0.25, 0.3) is 6.08 Å². The van der Waals surface area contributed by atoms with Crippen LogP contribution in [0.15, 0.2) is 77.2 Å². The van der Waals surface area contributed by atoms with Crippen LogP contribution in [0.4, 0.5) is 0 Å². The SMILES string of the molecule is CC(/C=C1\SC(=S)N(CCC(=O)NCc2ccccc2)C1=O)=C\c1ccccc1. The Bertz CT molecular complexity index is 953. The van der Waals surface area contributed by atoms with Gasteiger partial charge in [-0.05, 0) is 29.7 Å². The minimum Gasteiger partial charge on any atom is -0.352 e. The highest BCUT2D eigenvalue weighted by Crippen LogP contribution is 2.32. The lowest BCUT2D eigenvalue weighted by Crippen LogP contribution is -2.33. The third-order valence-electron chi connectivity index (χ3n) is 4.32. The first-order valence-electron chi connectivity index (χ1n) is 9.32. The fraction of sp³-hybridized carbons (Fsp3) is 0.174. The van der Waals surface area contributed by atoms with Crippen LogP contribution in [0.1, 0.15) is 24.5 Å². The lowest BCUT2D eigenvalue weighted by molar-refractivity contribution is -0.124. The standard InChI is InChI=1S/C23H22N2O2S2/c1-17(14-18-8-4-2-5-9-18)15-20-22(27)25(23(28)29-20)13-12-21(26)24-16-19-10-6-3-7-11-19/h2-11,14-15H,12-13,16H2,1H3,(H,24,26)/b17-14+,20-15-. The van der Waals surface area contributed by atoms with Crippen molar-refractivity contribution in [3.8, 4) is 0 Å². The molecule has 1 saturated heterocycles. The summed E-state index contributed by atoms with van der Waals surface area (Å²) in [4.78, 5) is 26.9. The van der Waals surface area contributed by atoms with Crippen LogP contribution in [0.5, 0.6) is 0 Å². The van der Waals surface area contributed by atoms with Crippen molar-refractivity contribution < 1.29 is 9.59 Å². The maximum Gasteiger partial charge on any atom is 0.266 e. The van der Waals surface area contributed by atoms with Gasteiger partial charge in [0.05, 0.1) is 4.91 Å². The van der Waals surface area contributed by atoms with E-state index in [1.807, 2.05) is 79.7 Å². The number of hydrogen-bond acceptors (Lipinski definition) is 4. The average Bonchev–Trinajstić information content (AvgIpc) is 2.99. The molecule has 0 spiro atoms. The summed E-state index contributed by atoms with van der Waals surface area (Å²) >= 11 is 6.63. The lowest BCUT2D eigenvalue weighted by Gasteiger charge is -2.14. The Kier molecular flexibility index (Phi) is 7.38. The Morgan fingerprint density at radius 3 is 2.45 bits per heavy atom. The monoisotopic (exact) mass is 422 g/mol. The molecule has 0 atom stereocenters. The molecule has 6 heteroatoms. The summed E-state index contributed by atoms with van der Waals surface area (Å²) < 4.78 is 0.490. The molecule has 29 heavy (non-hydrogen) atoms. The molecule has 0 saturated carbocycles. The molecule has 1 aliphatic heterocycles. The Hall–Kier alpha value is -2.70. The fourth-order valence-electron chi connectivity index (χ4n) is 2.85. The quantitative estimate of drug-likeness (QED) is 0.526. The summed E-state index contributed by atoms with van der Waals surface area (Å²) in [7, 11) is 0. The fourth-order valence-corrected chi connectivity index (χ4v) is 4.21. The summed E-state index contributed by atoms with van der Waals surface area (Å²) in [6.07, 6.45) is 4.08. The van der Waals surface area contributed by atoms with Crippen LogP contribution in [-0.2, 0) is 16.1 Å². The van der Waals surface area contributed by atoms with Crippen molar-refractivity contribution in [1.82, 2.24) is 10.2 Å². The van der Waals surface area contributed by atoms with Gasteiger partial charge < -0.3 is 5.32 Å². The van der Waals surface area contributed by atoms with E-state index in [2.05, 4.69) is 5.32 Å². The van der Waals surface area contributed by atoms with Crippen LogP contribution < -0.4 is 5.32 Å². The van der Waals surface area contributed by atoms with E-state index in [1.165, 1.54) is 16.7 Å². The van der Waals surface area contributed by atoms with Crippen molar-refractivity contribution in [2.45, 2.75) is 19.9 Å². The van der Waals surface area contributed by atoms with E-state index in [1.54, 1.807) is 0 Å². The van der Waals surface area contributed by atoms with Crippen molar-refractivity contribution in [2.24, 2.45) is 0 Å². The molecular formula is C23H22N2O2S2. The van der Waals surface area contributed by atoms with Gasteiger partial charge in [-0.15, -0.1) is 0 Å². The molecule has 0 aliphatic carbocycles. The maximum absolute atomic E-state index is 12.7. The Morgan fingerprint density at radius 1 is 1.10 bits per heavy atom. The smallest absolute Gasteiger partial charge is 0.266 e. The molecule has 1 heterocycles. The molecule has 3 rings (SSSR count). The molecule has 1 aliphatic rings. The highest BCUT2D eigenvalue weighted by Gasteiger charge is 2.31. The first-order chi connectivity index (χ1) is 14.0. The number of amides is 2. The number of nitrogens with one attached hydrogen (secondary N) is 1. The summed E-state index contributed by atoms with van der Waals surface area (Å²) in [6, 6.07) is 19.6. The van der Waals surface area contributed by atoms with E-state index in [-0.39, 0.29) is 24.8 Å². The molecule has 0 aromatic heterocycles. The number of nitrogens with zero attached hydrogens (tertiary/aromatic N) is 1. The van der Waals surface area contributed by atoms with Crippen molar-refractivity contribution in [3.05, 3.63) is 88.3 Å². The van der Waals surface area contributed by atoms with Gasteiger partial charge in [0.1, 0.15) is 4.32 Å². The summed E-state index contributed by atoms with van der Waals surface area (Å²) in [6.45, 7) is 2.71. The number of benzene rings is 2. The molecule has 4 nitrogen and oxygen atoms in total. The first kappa shape index (κ1) is 21.0. The van der Waals surface area contributed by atoms with Gasteiger partial charge in [-0.1, -0.05) is 90.7 Å².